The van der Waals surface area contributed by atoms with Crippen molar-refractivity contribution in [3.63, 3.8) is 0 Å². The fourth-order valence-corrected chi connectivity index (χ4v) is 6.06. The number of nitrogens with one attached hydrogen (secondary N) is 1. The molecule has 0 amide bonds. The van der Waals surface area contributed by atoms with Crippen molar-refractivity contribution < 1.29 is 22.7 Å². The predicted octanol–water partition coefficient (Wildman–Crippen LogP) is 4.86. The molecule has 9 heteroatoms. The maximum Gasteiger partial charge on any atom is 0.343 e. The minimum Gasteiger partial charge on any atom is -0.506 e. The third kappa shape index (κ3) is 5.02. The van der Waals surface area contributed by atoms with Crippen molar-refractivity contribution in [3.05, 3.63) is 87.0 Å². The van der Waals surface area contributed by atoms with Crippen LogP contribution >= 0.6 is 0 Å². The summed E-state index contributed by atoms with van der Waals surface area (Å²) < 4.78 is 34.0. The van der Waals surface area contributed by atoms with Crippen molar-refractivity contribution >= 4 is 21.5 Å². The van der Waals surface area contributed by atoms with Crippen LogP contribution in [0.3, 0.4) is 0 Å². The second-order valence-electron chi connectivity index (χ2n) is 9.62. The summed E-state index contributed by atoms with van der Waals surface area (Å²) in [4.78, 5) is 26.0. The number of fused-ring (bicyclic) bond motifs is 1. The summed E-state index contributed by atoms with van der Waals surface area (Å²) in [6, 6.07) is 14.2. The van der Waals surface area contributed by atoms with E-state index in [1.165, 1.54) is 24.3 Å². The number of aryl methyl sites for hydroxylation is 1. The molecule has 1 unspecified atom stereocenters. The number of sulfonamides is 1. The first-order valence-electron chi connectivity index (χ1n) is 12.3. The predicted molar refractivity (Wildman–Crippen MR) is 136 cm³/mol. The van der Waals surface area contributed by atoms with Gasteiger partial charge >= 0.3 is 5.63 Å². The van der Waals surface area contributed by atoms with Crippen molar-refractivity contribution in [2.75, 3.05) is 4.72 Å². The molecule has 1 fully saturated rings. The monoisotopic (exact) mass is 518 g/mol. The zero-order valence-corrected chi connectivity index (χ0v) is 20.9. The van der Waals surface area contributed by atoms with Crippen molar-refractivity contribution in [1.82, 2.24) is 0 Å². The van der Waals surface area contributed by atoms with E-state index in [0.29, 0.717) is 23.2 Å². The molecule has 190 valence electrons. The number of rotatable bonds is 6. The summed E-state index contributed by atoms with van der Waals surface area (Å²) >= 11 is 0. The van der Waals surface area contributed by atoms with E-state index in [-0.39, 0.29) is 45.7 Å². The number of hydrogen-bond donors (Lipinski definition) is 2. The lowest BCUT2D eigenvalue weighted by molar-refractivity contribution is 0.0968. The highest BCUT2D eigenvalue weighted by molar-refractivity contribution is 7.92. The molecule has 1 aromatic heterocycles. The summed E-state index contributed by atoms with van der Waals surface area (Å²) in [6.45, 7) is 0. The Balaban J connectivity index is 1.53. The van der Waals surface area contributed by atoms with Gasteiger partial charge in [0.2, 0.25) is 0 Å². The lowest BCUT2D eigenvalue weighted by Crippen LogP contribution is -2.21. The molecule has 2 aromatic carbocycles. The molecule has 0 radical (unpaired) electrons. The number of benzene rings is 2. The first-order chi connectivity index (χ1) is 17.8. The van der Waals surface area contributed by atoms with Crippen LogP contribution < -0.4 is 10.3 Å². The first kappa shape index (κ1) is 24.8. The molecule has 0 spiro atoms. The Labute approximate surface area is 214 Å². The third-order valence-electron chi connectivity index (χ3n) is 6.99. The van der Waals surface area contributed by atoms with Crippen LogP contribution in [0.2, 0.25) is 0 Å². The van der Waals surface area contributed by atoms with E-state index in [0.717, 1.165) is 32.1 Å². The van der Waals surface area contributed by atoms with Gasteiger partial charge in [0, 0.05) is 24.4 Å². The van der Waals surface area contributed by atoms with Gasteiger partial charge in [-0.15, -0.1) is 0 Å². The fourth-order valence-electron chi connectivity index (χ4n) is 5.01. The number of aromatic hydroxyl groups is 1. The van der Waals surface area contributed by atoms with Crippen LogP contribution in [-0.2, 0) is 16.4 Å². The number of hydrogen-bond acceptors (Lipinski definition) is 7. The molecular formula is C28H26N2O6S. The minimum atomic E-state index is -3.93. The highest BCUT2D eigenvalue weighted by Gasteiger charge is 2.39. The second kappa shape index (κ2) is 9.87. The molecule has 5 rings (SSSR count). The Morgan fingerprint density at radius 2 is 1.76 bits per heavy atom. The van der Waals surface area contributed by atoms with E-state index in [9.17, 15) is 23.1 Å². The Hall–Kier alpha value is -3.90. The molecule has 2 aliphatic carbocycles. The van der Waals surface area contributed by atoms with Crippen molar-refractivity contribution in [2.24, 2.45) is 5.92 Å². The lowest BCUT2D eigenvalue weighted by atomic mass is 9.85. The van der Waals surface area contributed by atoms with E-state index in [1.54, 1.807) is 24.3 Å². The van der Waals surface area contributed by atoms with Gasteiger partial charge in [0.1, 0.15) is 11.5 Å². The number of nitrogens with zero attached hydrogens (tertiary/aromatic N) is 1. The highest BCUT2D eigenvalue weighted by atomic mass is 32.2. The Morgan fingerprint density at radius 3 is 2.46 bits per heavy atom. The molecule has 1 saturated carbocycles. The highest BCUT2D eigenvalue weighted by Crippen LogP contribution is 2.49. The number of ketones is 1. The molecule has 3 aromatic rings. The lowest BCUT2D eigenvalue weighted by Gasteiger charge is -2.21. The Kier molecular flexibility index (Phi) is 6.61. The molecule has 1 heterocycles. The maximum absolute atomic E-state index is 13.1. The van der Waals surface area contributed by atoms with Crippen LogP contribution in [0.4, 0.5) is 5.69 Å². The summed E-state index contributed by atoms with van der Waals surface area (Å²) in [6.07, 6.45) is 4.72. The van der Waals surface area contributed by atoms with Gasteiger partial charge < -0.3 is 9.52 Å². The molecule has 2 N–H and O–H groups in total. The van der Waals surface area contributed by atoms with Crippen LogP contribution in [0.1, 0.15) is 77.3 Å². The van der Waals surface area contributed by atoms with Crippen molar-refractivity contribution in [2.45, 2.75) is 55.8 Å². The molecule has 1 atom stereocenters. The number of carbonyl (C=O) groups is 1. The summed E-state index contributed by atoms with van der Waals surface area (Å²) in [5.74, 6) is -0.774. The van der Waals surface area contributed by atoms with E-state index < -0.39 is 21.6 Å². The third-order valence-corrected chi connectivity index (χ3v) is 8.39. The molecule has 2 aliphatic rings. The van der Waals surface area contributed by atoms with Crippen LogP contribution in [0.25, 0.3) is 0 Å². The molecule has 0 aliphatic heterocycles. The van der Waals surface area contributed by atoms with Gasteiger partial charge in [-0.05, 0) is 73.6 Å². The first-order valence-corrected chi connectivity index (χ1v) is 13.8. The van der Waals surface area contributed by atoms with Gasteiger partial charge in [0.15, 0.2) is 5.78 Å². The SMILES string of the molecule is N#Cc1ccc(S(=O)(=O)Nc2cccc(C(c3c(O)c4c(oc3=O)CCCCCC4=O)C3CC3)c2)cc1. The van der Waals surface area contributed by atoms with Gasteiger partial charge in [-0.1, -0.05) is 18.6 Å². The van der Waals surface area contributed by atoms with Crippen LogP contribution in [0.15, 0.2) is 62.6 Å². The van der Waals surface area contributed by atoms with Gasteiger partial charge in [0.05, 0.1) is 27.7 Å². The van der Waals surface area contributed by atoms with E-state index in [2.05, 4.69) is 4.72 Å². The number of nitriles is 1. The quantitative estimate of drug-likeness (QED) is 0.475. The molecular weight excluding hydrogens is 492 g/mol. The zero-order chi connectivity index (χ0) is 26.2. The fraction of sp³-hybridized carbons (Fsp3) is 0.321. The van der Waals surface area contributed by atoms with E-state index in [4.69, 9.17) is 9.68 Å². The number of Topliss-reactive ketones (excluding diaryl/α,β-unsaturated/α-hetero) is 1. The van der Waals surface area contributed by atoms with Crippen LogP contribution in [0, 0.1) is 17.2 Å². The molecule has 37 heavy (non-hydrogen) atoms. The zero-order valence-electron chi connectivity index (χ0n) is 20.1. The number of anilines is 1. The molecule has 0 saturated heterocycles. The van der Waals surface area contributed by atoms with Gasteiger partial charge in [-0.25, -0.2) is 13.2 Å². The standard InChI is InChI=1S/C28H26N2O6S/c29-16-17-9-13-21(14-10-17)37(34,35)30-20-6-4-5-19(15-20)24(18-11-12-18)26-27(32)25-22(31)7-2-1-3-8-23(25)36-28(26)33/h4-6,9-10,13-15,18,24,30,32H,1-3,7-8,11-12H2. The average Bonchev–Trinajstić information content (AvgIpc) is 3.70. The normalized spacial score (nSPS) is 16.7. The second-order valence-corrected chi connectivity index (χ2v) is 11.3. The topological polar surface area (TPSA) is 137 Å². The van der Waals surface area contributed by atoms with Gasteiger partial charge in [-0.3, -0.25) is 9.52 Å². The van der Waals surface area contributed by atoms with Crippen LogP contribution in [-0.4, -0.2) is 19.3 Å². The van der Waals surface area contributed by atoms with Crippen molar-refractivity contribution in [3.8, 4) is 11.8 Å². The number of carbonyl (C=O) groups excluding carboxylic acids is 1. The van der Waals surface area contributed by atoms with Gasteiger partial charge in [-0.2, -0.15) is 5.26 Å². The Morgan fingerprint density at radius 1 is 1.03 bits per heavy atom. The van der Waals surface area contributed by atoms with Crippen LogP contribution in [0.5, 0.6) is 5.75 Å². The average molecular weight is 519 g/mol. The molecule has 8 nitrogen and oxygen atoms in total. The van der Waals surface area contributed by atoms with Crippen molar-refractivity contribution in [1.29, 1.82) is 5.26 Å². The summed E-state index contributed by atoms with van der Waals surface area (Å²) in [5, 5.41) is 20.2. The Bertz CT molecular complexity index is 1560. The summed E-state index contributed by atoms with van der Waals surface area (Å²) in [7, 11) is -3.93. The summed E-state index contributed by atoms with van der Waals surface area (Å²) in [5.41, 5.74) is 0.786. The minimum absolute atomic E-state index is 0.00844. The molecule has 0 bridgehead atoms. The smallest absolute Gasteiger partial charge is 0.343 e. The van der Waals surface area contributed by atoms with E-state index >= 15 is 0 Å². The largest absolute Gasteiger partial charge is 0.506 e. The van der Waals surface area contributed by atoms with E-state index in [1.807, 2.05) is 6.07 Å². The van der Waals surface area contributed by atoms with Gasteiger partial charge in [0.25, 0.3) is 10.0 Å². The maximum atomic E-state index is 13.1.